The highest BCUT2D eigenvalue weighted by atomic mass is 127. The van der Waals surface area contributed by atoms with Crippen LogP contribution in [0.2, 0.25) is 0 Å². The molecule has 13 heteroatoms. The minimum Gasteiger partial charge on any atom is -0.379 e. The van der Waals surface area contributed by atoms with Gasteiger partial charge in [0.1, 0.15) is 5.69 Å². The number of carbonyl (C=O) groups is 3. The molecule has 35 heavy (non-hydrogen) atoms. The van der Waals surface area contributed by atoms with Gasteiger partial charge in [0.2, 0.25) is 17.7 Å². The average Bonchev–Trinajstić information content (AvgIpc) is 3.36. The summed E-state index contributed by atoms with van der Waals surface area (Å²) in [5, 5.41) is 8.03. The molecule has 0 radical (unpaired) electrons. The molecule has 3 amide bonds. The first kappa shape index (κ1) is 27.9. The quantitative estimate of drug-likeness (QED) is 0.106. The molecule has 2 fully saturated rings. The van der Waals surface area contributed by atoms with E-state index in [1.807, 2.05) is 4.90 Å². The van der Waals surface area contributed by atoms with Gasteiger partial charge in [0, 0.05) is 29.4 Å². The van der Waals surface area contributed by atoms with Crippen molar-refractivity contribution in [3.63, 3.8) is 0 Å². The van der Waals surface area contributed by atoms with Crippen LogP contribution in [0.5, 0.6) is 0 Å². The van der Waals surface area contributed by atoms with Crippen LogP contribution in [0.1, 0.15) is 25.5 Å². The Morgan fingerprint density at radius 3 is 2.17 bits per heavy atom. The highest BCUT2D eigenvalue weighted by Crippen LogP contribution is 2.20. The second kappa shape index (κ2) is 14.8. The zero-order valence-corrected chi connectivity index (χ0v) is 22.3. The van der Waals surface area contributed by atoms with E-state index in [0.717, 1.165) is 13.1 Å². The maximum atomic E-state index is 12.0. The van der Waals surface area contributed by atoms with Crippen molar-refractivity contribution < 1.29 is 33.3 Å². The molecule has 1 atom stereocenters. The third-order valence-electron chi connectivity index (χ3n) is 5.61. The van der Waals surface area contributed by atoms with Crippen LogP contribution in [-0.2, 0) is 46.4 Å². The molecule has 196 valence electrons. The van der Waals surface area contributed by atoms with Gasteiger partial charge in [-0.25, -0.2) is 4.68 Å². The number of hydrogen-bond acceptors (Lipinski definition) is 9. The van der Waals surface area contributed by atoms with Crippen molar-refractivity contribution in [1.82, 2.24) is 24.8 Å². The van der Waals surface area contributed by atoms with Gasteiger partial charge in [-0.2, -0.15) is 0 Å². The predicted octanol–water partition coefficient (Wildman–Crippen LogP) is 0.275. The van der Waals surface area contributed by atoms with Crippen molar-refractivity contribution >= 4 is 40.3 Å². The van der Waals surface area contributed by atoms with E-state index >= 15 is 0 Å². The number of rotatable bonds is 17. The van der Waals surface area contributed by atoms with E-state index in [9.17, 15) is 14.4 Å². The summed E-state index contributed by atoms with van der Waals surface area (Å²) in [6.45, 7) is 7.74. The number of carbonyl (C=O) groups excluding carboxylic acids is 3. The van der Waals surface area contributed by atoms with Gasteiger partial charge in [-0.3, -0.25) is 19.3 Å². The van der Waals surface area contributed by atoms with Crippen LogP contribution >= 0.6 is 22.6 Å². The number of likely N-dealkylation sites (tertiary alicyclic amines) is 2. The van der Waals surface area contributed by atoms with E-state index in [4.69, 9.17) is 18.9 Å². The summed E-state index contributed by atoms with van der Waals surface area (Å²) in [5.41, 5.74) is 0.573. The lowest BCUT2D eigenvalue weighted by atomic mass is 10.1. The Kier molecular flexibility index (Phi) is 11.8. The standard InChI is InChI=1S/C22H34IN5O7/c1-17-12-21(30)28(22(17)31)16-19-15-27(25-24-19)3-5-33-7-9-35-11-10-34-8-6-32-4-2-20(29)26-13-18(23)14-26/h15,17-18H,2-14,16H2,1H3. The zero-order chi connectivity index (χ0) is 25.0. The Hall–Kier alpha value is -1.68. The number of amides is 3. The number of halogens is 1. The highest BCUT2D eigenvalue weighted by Gasteiger charge is 2.35. The van der Waals surface area contributed by atoms with Gasteiger partial charge in [0.15, 0.2) is 0 Å². The van der Waals surface area contributed by atoms with Crippen molar-refractivity contribution in [1.29, 1.82) is 0 Å². The summed E-state index contributed by atoms with van der Waals surface area (Å²) >= 11 is 2.35. The Balaban J connectivity index is 1.09. The molecule has 0 spiro atoms. The summed E-state index contributed by atoms with van der Waals surface area (Å²) in [4.78, 5) is 38.7. The SMILES string of the molecule is CC1CC(=O)N(Cc2cn(CCOCCOCCOCCOCCC(=O)N3CC(I)C3)nn2)C1=O. The maximum absolute atomic E-state index is 12.0. The van der Waals surface area contributed by atoms with Crippen LogP contribution in [0.4, 0.5) is 0 Å². The van der Waals surface area contributed by atoms with Crippen LogP contribution in [0.15, 0.2) is 6.20 Å². The van der Waals surface area contributed by atoms with Crippen molar-refractivity contribution in [2.45, 2.75) is 36.8 Å². The summed E-state index contributed by atoms with van der Waals surface area (Å²) in [7, 11) is 0. The Morgan fingerprint density at radius 1 is 1.00 bits per heavy atom. The van der Waals surface area contributed by atoms with Gasteiger partial charge in [-0.05, 0) is 0 Å². The molecule has 1 aromatic heterocycles. The number of aromatic nitrogens is 3. The van der Waals surface area contributed by atoms with E-state index < -0.39 is 0 Å². The van der Waals surface area contributed by atoms with E-state index in [0.29, 0.717) is 75.4 Å². The molecule has 2 aliphatic heterocycles. The van der Waals surface area contributed by atoms with E-state index in [1.165, 1.54) is 4.90 Å². The molecule has 0 bridgehead atoms. The largest absolute Gasteiger partial charge is 0.379 e. The molecular formula is C22H34IN5O7. The third kappa shape index (κ3) is 9.37. The molecule has 2 aliphatic rings. The predicted molar refractivity (Wildman–Crippen MR) is 132 cm³/mol. The molecule has 1 aromatic rings. The van der Waals surface area contributed by atoms with Crippen molar-refractivity contribution in [2.75, 3.05) is 65.9 Å². The second-order valence-corrected chi connectivity index (χ2v) is 10.3. The molecular weight excluding hydrogens is 573 g/mol. The van der Waals surface area contributed by atoms with Gasteiger partial charge in [-0.15, -0.1) is 5.10 Å². The van der Waals surface area contributed by atoms with E-state index in [-0.39, 0.29) is 36.6 Å². The molecule has 1 unspecified atom stereocenters. The molecule has 2 saturated heterocycles. The number of alkyl halides is 1. The minimum atomic E-state index is -0.263. The lowest BCUT2D eigenvalue weighted by molar-refractivity contribution is -0.140. The van der Waals surface area contributed by atoms with Crippen molar-refractivity contribution in [3.8, 4) is 0 Å². The number of ether oxygens (including phenoxy) is 4. The van der Waals surface area contributed by atoms with Crippen molar-refractivity contribution in [2.24, 2.45) is 5.92 Å². The van der Waals surface area contributed by atoms with Gasteiger partial charge in [0.25, 0.3) is 0 Å². The van der Waals surface area contributed by atoms with Crippen LogP contribution < -0.4 is 0 Å². The van der Waals surface area contributed by atoms with Crippen LogP contribution in [-0.4, -0.2) is 112 Å². The summed E-state index contributed by atoms with van der Waals surface area (Å²) in [6, 6.07) is 0. The Labute approximate surface area is 218 Å². The average molecular weight is 607 g/mol. The number of nitrogens with zero attached hydrogens (tertiary/aromatic N) is 5. The molecule has 0 N–H and O–H groups in total. The van der Waals surface area contributed by atoms with Gasteiger partial charge < -0.3 is 23.8 Å². The van der Waals surface area contributed by atoms with Gasteiger partial charge in [-0.1, -0.05) is 34.7 Å². The van der Waals surface area contributed by atoms with Crippen LogP contribution in [0.3, 0.4) is 0 Å². The lowest BCUT2D eigenvalue weighted by Gasteiger charge is -2.36. The summed E-state index contributed by atoms with van der Waals surface area (Å²) < 4.78 is 24.1. The van der Waals surface area contributed by atoms with Crippen molar-refractivity contribution in [3.05, 3.63) is 11.9 Å². The maximum Gasteiger partial charge on any atom is 0.232 e. The topological polar surface area (TPSA) is 125 Å². The molecule has 3 heterocycles. The Bertz CT molecular complexity index is 833. The smallest absolute Gasteiger partial charge is 0.232 e. The van der Waals surface area contributed by atoms with Gasteiger partial charge in [0.05, 0.1) is 78.6 Å². The fraction of sp³-hybridized carbons (Fsp3) is 0.773. The fourth-order valence-electron chi connectivity index (χ4n) is 3.56. The first-order valence-electron chi connectivity index (χ1n) is 11.9. The molecule has 3 rings (SSSR count). The second-order valence-electron chi connectivity index (χ2n) is 8.49. The summed E-state index contributed by atoms with van der Waals surface area (Å²) in [6.07, 6.45) is 2.39. The normalized spacial score (nSPS) is 18.5. The first-order chi connectivity index (χ1) is 16.9. The minimum absolute atomic E-state index is 0.155. The van der Waals surface area contributed by atoms with Crippen LogP contribution in [0.25, 0.3) is 0 Å². The van der Waals surface area contributed by atoms with E-state index in [1.54, 1.807) is 17.8 Å². The number of imide groups is 1. The van der Waals surface area contributed by atoms with Gasteiger partial charge >= 0.3 is 0 Å². The third-order valence-corrected chi connectivity index (χ3v) is 6.39. The summed E-state index contributed by atoms with van der Waals surface area (Å²) in [5.74, 6) is -0.435. The number of hydrogen-bond donors (Lipinski definition) is 0. The highest BCUT2D eigenvalue weighted by molar-refractivity contribution is 14.1. The molecule has 0 saturated carbocycles. The fourth-order valence-corrected chi connectivity index (χ4v) is 4.51. The molecule has 0 aromatic carbocycles. The lowest BCUT2D eigenvalue weighted by Crippen LogP contribution is -2.50. The van der Waals surface area contributed by atoms with Crippen LogP contribution in [0, 0.1) is 5.92 Å². The molecule has 0 aliphatic carbocycles. The van der Waals surface area contributed by atoms with E-state index in [2.05, 4.69) is 32.9 Å². The Morgan fingerprint density at radius 2 is 1.60 bits per heavy atom. The first-order valence-corrected chi connectivity index (χ1v) is 13.1. The monoisotopic (exact) mass is 607 g/mol. The molecule has 12 nitrogen and oxygen atoms in total. The zero-order valence-electron chi connectivity index (χ0n) is 20.1.